The summed E-state index contributed by atoms with van der Waals surface area (Å²) in [6.07, 6.45) is 2.82. The van der Waals surface area contributed by atoms with Gasteiger partial charge in [-0.15, -0.1) is 0 Å². The maximum absolute atomic E-state index is 12.1. The zero-order valence-corrected chi connectivity index (χ0v) is 10.7. The lowest BCUT2D eigenvalue weighted by Crippen LogP contribution is -2.47. The number of aryl methyl sites for hydroxylation is 1. The van der Waals surface area contributed by atoms with Crippen molar-refractivity contribution in [3.8, 4) is 0 Å². The third kappa shape index (κ3) is 2.31. The van der Waals surface area contributed by atoms with Crippen molar-refractivity contribution in [2.24, 2.45) is 11.1 Å². The molecule has 0 aliphatic heterocycles. The standard InChI is InChI=1S/C13H17ClN2O/c1-9-3-4-11(10(14)7-9)16-12(17)13(8-15)5-2-6-13/h3-4,7H,2,5-6,8,15H2,1H3,(H,16,17). The van der Waals surface area contributed by atoms with Crippen molar-refractivity contribution in [3.63, 3.8) is 0 Å². The SMILES string of the molecule is Cc1ccc(NC(=O)C2(CN)CCC2)c(Cl)c1. The zero-order chi connectivity index (χ0) is 12.5. The quantitative estimate of drug-likeness (QED) is 0.869. The lowest BCUT2D eigenvalue weighted by Gasteiger charge is -2.39. The maximum atomic E-state index is 12.1. The van der Waals surface area contributed by atoms with Crippen LogP contribution in [0.3, 0.4) is 0 Å². The molecule has 1 fully saturated rings. The number of nitrogens with two attached hydrogens (primary N) is 1. The Labute approximate surface area is 106 Å². The van der Waals surface area contributed by atoms with Crippen LogP contribution in [0, 0.1) is 12.3 Å². The van der Waals surface area contributed by atoms with Crippen molar-refractivity contribution in [3.05, 3.63) is 28.8 Å². The number of halogens is 1. The summed E-state index contributed by atoms with van der Waals surface area (Å²) >= 11 is 6.08. The van der Waals surface area contributed by atoms with Crippen LogP contribution in [0.2, 0.25) is 5.02 Å². The van der Waals surface area contributed by atoms with Crippen LogP contribution < -0.4 is 11.1 Å². The van der Waals surface area contributed by atoms with Gasteiger partial charge in [0.25, 0.3) is 0 Å². The van der Waals surface area contributed by atoms with Crippen molar-refractivity contribution in [1.29, 1.82) is 0 Å². The monoisotopic (exact) mass is 252 g/mol. The Morgan fingerprint density at radius 1 is 1.53 bits per heavy atom. The fourth-order valence-electron chi connectivity index (χ4n) is 2.10. The smallest absolute Gasteiger partial charge is 0.231 e. The highest BCUT2D eigenvalue weighted by atomic mass is 35.5. The topological polar surface area (TPSA) is 55.1 Å². The first-order chi connectivity index (χ1) is 8.07. The fraction of sp³-hybridized carbons (Fsp3) is 0.462. The summed E-state index contributed by atoms with van der Waals surface area (Å²) in [5.74, 6) is -0.00277. The van der Waals surface area contributed by atoms with E-state index in [0.717, 1.165) is 24.8 Å². The Bertz CT molecular complexity index is 436. The Kier molecular flexibility index (Phi) is 3.40. The summed E-state index contributed by atoms with van der Waals surface area (Å²) in [6.45, 7) is 2.37. The van der Waals surface area contributed by atoms with Crippen LogP contribution in [0.4, 0.5) is 5.69 Å². The highest BCUT2D eigenvalue weighted by Gasteiger charge is 2.42. The molecule has 0 unspecified atom stereocenters. The number of benzene rings is 1. The molecule has 1 aromatic carbocycles. The van der Waals surface area contributed by atoms with E-state index in [4.69, 9.17) is 17.3 Å². The van der Waals surface area contributed by atoms with Crippen LogP contribution in [-0.4, -0.2) is 12.5 Å². The lowest BCUT2D eigenvalue weighted by atomic mass is 9.68. The highest BCUT2D eigenvalue weighted by Crippen LogP contribution is 2.41. The molecule has 0 aromatic heterocycles. The Hall–Kier alpha value is -1.06. The number of rotatable bonds is 3. The van der Waals surface area contributed by atoms with Gasteiger partial charge in [-0.3, -0.25) is 4.79 Å². The maximum Gasteiger partial charge on any atom is 0.231 e. The van der Waals surface area contributed by atoms with Crippen LogP contribution in [0.1, 0.15) is 24.8 Å². The van der Waals surface area contributed by atoms with E-state index < -0.39 is 0 Å². The molecular formula is C13H17ClN2O. The summed E-state index contributed by atoms with van der Waals surface area (Å²) in [7, 11) is 0. The zero-order valence-electron chi connectivity index (χ0n) is 9.92. The van der Waals surface area contributed by atoms with E-state index in [2.05, 4.69) is 5.32 Å². The number of carbonyl (C=O) groups excluding carboxylic acids is 1. The first kappa shape index (κ1) is 12.4. The molecule has 4 heteroatoms. The summed E-state index contributed by atoms with van der Waals surface area (Å²) < 4.78 is 0. The molecule has 0 saturated heterocycles. The van der Waals surface area contributed by atoms with Crippen molar-refractivity contribution in [2.75, 3.05) is 11.9 Å². The molecule has 17 heavy (non-hydrogen) atoms. The predicted molar refractivity (Wildman–Crippen MR) is 70.2 cm³/mol. The molecule has 1 aliphatic rings. The first-order valence-corrected chi connectivity index (χ1v) is 6.23. The summed E-state index contributed by atoms with van der Waals surface area (Å²) in [6, 6.07) is 5.60. The van der Waals surface area contributed by atoms with Crippen LogP contribution in [-0.2, 0) is 4.79 Å². The van der Waals surface area contributed by atoms with Gasteiger partial charge in [-0.05, 0) is 37.5 Å². The first-order valence-electron chi connectivity index (χ1n) is 5.85. The fourth-order valence-corrected chi connectivity index (χ4v) is 2.39. The number of amides is 1. The molecule has 3 nitrogen and oxygen atoms in total. The third-order valence-electron chi connectivity index (χ3n) is 3.56. The average molecular weight is 253 g/mol. The molecule has 0 spiro atoms. The molecule has 1 aliphatic carbocycles. The summed E-state index contributed by atoms with van der Waals surface area (Å²) in [4.78, 5) is 12.1. The minimum atomic E-state index is -0.367. The second kappa shape index (κ2) is 4.67. The van der Waals surface area contributed by atoms with E-state index in [1.807, 2.05) is 25.1 Å². The van der Waals surface area contributed by atoms with Crippen molar-refractivity contribution >= 4 is 23.2 Å². The van der Waals surface area contributed by atoms with Gasteiger partial charge in [-0.1, -0.05) is 24.1 Å². The second-order valence-corrected chi connectivity index (χ2v) is 5.18. The summed E-state index contributed by atoms with van der Waals surface area (Å²) in [5.41, 5.74) is 7.07. The van der Waals surface area contributed by atoms with Crippen LogP contribution >= 0.6 is 11.6 Å². The lowest BCUT2D eigenvalue weighted by molar-refractivity contribution is -0.129. The van der Waals surface area contributed by atoms with Gasteiger partial charge in [-0.2, -0.15) is 0 Å². The molecule has 1 amide bonds. The molecule has 2 rings (SSSR count). The number of anilines is 1. The van der Waals surface area contributed by atoms with Gasteiger partial charge in [0.1, 0.15) is 0 Å². The molecule has 1 aromatic rings. The van der Waals surface area contributed by atoms with Crippen LogP contribution in [0.5, 0.6) is 0 Å². The van der Waals surface area contributed by atoms with Crippen LogP contribution in [0.15, 0.2) is 18.2 Å². The van der Waals surface area contributed by atoms with Crippen molar-refractivity contribution < 1.29 is 4.79 Å². The molecule has 0 radical (unpaired) electrons. The van der Waals surface area contributed by atoms with Gasteiger partial charge in [0.15, 0.2) is 0 Å². The van der Waals surface area contributed by atoms with Gasteiger partial charge < -0.3 is 11.1 Å². The van der Waals surface area contributed by atoms with Crippen LogP contribution in [0.25, 0.3) is 0 Å². The normalized spacial score (nSPS) is 17.4. The molecular weight excluding hydrogens is 236 g/mol. The van der Waals surface area contributed by atoms with E-state index in [1.54, 1.807) is 0 Å². The summed E-state index contributed by atoms with van der Waals surface area (Å²) in [5, 5.41) is 3.45. The highest BCUT2D eigenvalue weighted by molar-refractivity contribution is 6.33. The third-order valence-corrected chi connectivity index (χ3v) is 3.87. The van der Waals surface area contributed by atoms with Gasteiger partial charge in [0.2, 0.25) is 5.91 Å². The predicted octanol–water partition coefficient (Wildman–Crippen LogP) is 2.72. The molecule has 3 N–H and O–H groups in total. The Morgan fingerprint density at radius 3 is 2.71 bits per heavy atom. The molecule has 1 saturated carbocycles. The molecule has 92 valence electrons. The second-order valence-electron chi connectivity index (χ2n) is 4.78. The van der Waals surface area contributed by atoms with Gasteiger partial charge >= 0.3 is 0 Å². The van der Waals surface area contributed by atoms with E-state index >= 15 is 0 Å². The molecule has 0 heterocycles. The molecule has 0 atom stereocenters. The average Bonchev–Trinajstić information content (AvgIpc) is 2.21. The molecule has 0 bridgehead atoms. The van der Waals surface area contributed by atoms with E-state index in [1.165, 1.54) is 0 Å². The number of nitrogens with one attached hydrogen (secondary N) is 1. The van der Waals surface area contributed by atoms with Crippen molar-refractivity contribution in [2.45, 2.75) is 26.2 Å². The van der Waals surface area contributed by atoms with Gasteiger partial charge in [0.05, 0.1) is 16.1 Å². The van der Waals surface area contributed by atoms with E-state index in [-0.39, 0.29) is 11.3 Å². The van der Waals surface area contributed by atoms with Crippen molar-refractivity contribution in [1.82, 2.24) is 0 Å². The minimum absolute atomic E-state index is 0.00277. The Morgan fingerprint density at radius 2 is 2.24 bits per heavy atom. The number of carbonyl (C=O) groups is 1. The number of hydrogen-bond donors (Lipinski definition) is 2. The van der Waals surface area contributed by atoms with E-state index in [9.17, 15) is 4.79 Å². The van der Waals surface area contributed by atoms with Gasteiger partial charge in [0, 0.05) is 6.54 Å². The number of hydrogen-bond acceptors (Lipinski definition) is 2. The van der Waals surface area contributed by atoms with Gasteiger partial charge in [-0.25, -0.2) is 0 Å². The van der Waals surface area contributed by atoms with E-state index in [0.29, 0.717) is 17.3 Å². The Balaban J connectivity index is 2.13. The largest absolute Gasteiger partial charge is 0.329 e. The minimum Gasteiger partial charge on any atom is -0.329 e.